The van der Waals surface area contributed by atoms with Crippen LogP contribution in [0.3, 0.4) is 0 Å². The molecule has 1 N–H and O–H groups in total. The van der Waals surface area contributed by atoms with E-state index in [9.17, 15) is 18.8 Å². The maximum Gasteiger partial charge on any atom is 0.245 e. The number of aromatic nitrogens is 4. The Kier molecular flexibility index (Phi) is 6.58. The average Bonchev–Trinajstić information content (AvgIpc) is 3.44. The molecule has 1 saturated heterocycles. The molecule has 4 aromatic rings. The summed E-state index contributed by atoms with van der Waals surface area (Å²) >= 11 is 5.86. The van der Waals surface area contributed by atoms with Gasteiger partial charge in [-0.15, -0.1) is 0 Å². The molecule has 6 rings (SSSR count). The van der Waals surface area contributed by atoms with Gasteiger partial charge < -0.3 is 10.2 Å². The minimum absolute atomic E-state index is 0.00611. The largest absolute Gasteiger partial charge is 0.350 e. The molecular weight excluding hydrogens is 535 g/mol. The third kappa shape index (κ3) is 4.72. The van der Waals surface area contributed by atoms with Crippen molar-refractivity contribution in [2.45, 2.75) is 51.9 Å². The second kappa shape index (κ2) is 10.1. The van der Waals surface area contributed by atoms with Gasteiger partial charge in [-0.2, -0.15) is 5.10 Å². The standard InChI is InChI=1S/C29H26ClFN6O3/c1-15(38)28-21-8-17(20-12-32-16(2)33-13-20)6-7-23(21)36(35-28)14-26(39)37-24-9-19(24)10-25(37)29(40)34-11-18-4-3-5-22(30)27(18)31/h3-8,12-13,19,24-25H,9-11,14H2,1-2H3,(H,34,40)/t19-,24?,25+/m1/s1. The molecule has 0 radical (unpaired) electrons. The number of ketones is 1. The monoisotopic (exact) mass is 560 g/mol. The van der Waals surface area contributed by atoms with E-state index in [0.717, 1.165) is 17.5 Å². The molecule has 204 valence electrons. The van der Waals surface area contributed by atoms with Gasteiger partial charge in [0.15, 0.2) is 5.78 Å². The number of piperidine rings is 1. The van der Waals surface area contributed by atoms with Gasteiger partial charge in [-0.3, -0.25) is 19.1 Å². The van der Waals surface area contributed by atoms with Crippen LogP contribution in [-0.4, -0.2) is 54.3 Å². The second-order valence-corrected chi connectivity index (χ2v) is 10.8. The maximum absolute atomic E-state index is 14.3. The van der Waals surface area contributed by atoms with Crippen molar-refractivity contribution in [1.29, 1.82) is 0 Å². The number of hydrogen-bond acceptors (Lipinski definition) is 6. The Morgan fingerprint density at radius 2 is 1.88 bits per heavy atom. The Labute approximate surface area is 234 Å². The lowest BCUT2D eigenvalue weighted by Crippen LogP contribution is -2.48. The summed E-state index contributed by atoms with van der Waals surface area (Å²) in [5.74, 6) is -0.457. The van der Waals surface area contributed by atoms with Crippen LogP contribution in [0.25, 0.3) is 22.0 Å². The molecule has 1 aliphatic heterocycles. The Morgan fingerprint density at radius 1 is 1.10 bits per heavy atom. The predicted molar refractivity (Wildman–Crippen MR) is 146 cm³/mol. The Hall–Kier alpha value is -4.18. The van der Waals surface area contributed by atoms with E-state index in [0.29, 0.717) is 23.1 Å². The van der Waals surface area contributed by atoms with Crippen LogP contribution in [0.4, 0.5) is 4.39 Å². The summed E-state index contributed by atoms with van der Waals surface area (Å²) in [5, 5.41) is 7.86. The van der Waals surface area contributed by atoms with Crippen molar-refractivity contribution in [3.05, 3.63) is 76.7 Å². The zero-order valence-corrected chi connectivity index (χ0v) is 22.7. The van der Waals surface area contributed by atoms with Crippen molar-refractivity contribution < 1.29 is 18.8 Å². The molecule has 2 aliphatic rings. The summed E-state index contributed by atoms with van der Waals surface area (Å²) in [4.78, 5) is 49.3. The molecule has 3 heterocycles. The lowest BCUT2D eigenvalue weighted by atomic mass is 10.0. The molecule has 3 atom stereocenters. The quantitative estimate of drug-likeness (QED) is 0.341. The molecule has 2 aromatic heterocycles. The number of rotatable bonds is 7. The van der Waals surface area contributed by atoms with E-state index < -0.39 is 11.9 Å². The number of carbonyl (C=O) groups excluding carboxylic acids is 3. The molecular formula is C29H26ClFN6O3. The van der Waals surface area contributed by atoms with Crippen LogP contribution in [0.5, 0.6) is 0 Å². The molecule has 0 spiro atoms. The lowest BCUT2D eigenvalue weighted by Gasteiger charge is -2.27. The van der Waals surface area contributed by atoms with E-state index in [1.54, 1.807) is 36.4 Å². The first-order valence-corrected chi connectivity index (χ1v) is 13.4. The zero-order chi connectivity index (χ0) is 28.1. The Bertz CT molecular complexity index is 1670. The fourth-order valence-electron chi connectivity index (χ4n) is 5.53. The van der Waals surface area contributed by atoms with Gasteiger partial charge in [-0.25, -0.2) is 14.4 Å². The van der Waals surface area contributed by atoms with Crippen LogP contribution in [0.1, 0.15) is 41.6 Å². The predicted octanol–water partition coefficient (Wildman–Crippen LogP) is 4.10. The number of aryl methyl sites for hydroxylation is 1. The summed E-state index contributed by atoms with van der Waals surface area (Å²) < 4.78 is 15.8. The Morgan fingerprint density at radius 3 is 2.62 bits per heavy atom. The van der Waals surface area contributed by atoms with E-state index in [1.165, 1.54) is 17.7 Å². The number of amides is 2. The van der Waals surface area contributed by atoms with Gasteiger partial charge in [-0.1, -0.05) is 29.8 Å². The van der Waals surface area contributed by atoms with Gasteiger partial charge in [0.1, 0.15) is 29.9 Å². The van der Waals surface area contributed by atoms with Gasteiger partial charge in [-0.05, 0) is 49.4 Å². The molecule has 1 aliphatic carbocycles. The van der Waals surface area contributed by atoms with Crippen LogP contribution >= 0.6 is 11.6 Å². The average molecular weight is 561 g/mol. The van der Waals surface area contributed by atoms with Crippen molar-refractivity contribution >= 4 is 40.1 Å². The first-order chi connectivity index (χ1) is 19.2. The SMILES string of the molecule is CC(=O)c1nn(CC(=O)N2C3C[C@@H]3C[C@H]2C(=O)NCc2cccc(Cl)c2F)c2ccc(-c3cnc(C)nc3)cc12. The Balaban J connectivity index is 1.23. The molecule has 9 nitrogen and oxygen atoms in total. The first-order valence-electron chi connectivity index (χ1n) is 13.0. The molecule has 40 heavy (non-hydrogen) atoms. The van der Waals surface area contributed by atoms with Crippen LogP contribution in [0, 0.1) is 18.7 Å². The highest BCUT2D eigenvalue weighted by molar-refractivity contribution is 6.30. The van der Waals surface area contributed by atoms with Crippen LogP contribution in [-0.2, 0) is 22.7 Å². The third-order valence-electron chi connectivity index (χ3n) is 7.66. The second-order valence-electron chi connectivity index (χ2n) is 10.4. The van der Waals surface area contributed by atoms with Crippen molar-refractivity contribution in [1.82, 2.24) is 30.0 Å². The summed E-state index contributed by atoms with van der Waals surface area (Å²) in [7, 11) is 0. The van der Waals surface area contributed by atoms with Crippen LogP contribution in [0.15, 0.2) is 48.8 Å². The summed E-state index contributed by atoms with van der Waals surface area (Å²) in [6, 6.07) is 9.52. The van der Waals surface area contributed by atoms with Gasteiger partial charge in [0.2, 0.25) is 11.8 Å². The molecule has 1 unspecified atom stereocenters. The van der Waals surface area contributed by atoms with Gasteiger partial charge in [0, 0.05) is 48.4 Å². The van der Waals surface area contributed by atoms with E-state index in [1.807, 2.05) is 18.2 Å². The van der Waals surface area contributed by atoms with Crippen molar-refractivity contribution in [3.63, 3.8) is 0 Å². The highest BCUT2D eigenvalue weighted by Crippen LogP contribution is 2.48. The fraction of sp³-hybridized carbons (Fsp3) is 0.310. The fourth-order valence-corrected chi connectivity index (χ4v) is 5.72. The maximum atomic E-state index is 14.3. The molecule has 2 fully saturated rings. The van der Waals surface area contributed by atoms with E-state index >= 15 is 0 Å². The number of nitrogens with zero attached hydrogens (tertiary/aromatic N) is 5. The first kappa shape index (κ1) is 26.1. The zero-order valence-electron chi connectivity index (χ0n) is 21.9. The number of benzene rings is 2. The van der Waals surface area contributed by atoms with Crippen LogP contribution in [0.2, 0.25) is 5.02 Å². The normalized spacial score (nSPS) is 19.5. The van der Waals surface area contributed by atoms with Crippen molar-refractivity contribution in [2.24, 2.45) is 5.92 Å². The highest BCUT2D eigenvalue weighted by Gasteiger charge is 2.56. The van der Waals surface area contributed by atoms with Crippen molar-refractivity contribution in [2.75, 3.05) is 0 Å². The third-order valence-corrected chi connectivity index (χ3v) is 7.95. The van der Waals surface area contributed by atoms with Crippen LogP contribution < -0.4 is 5.32 Å². The number of hydrogen-bond donors (Lipinski definition) is 1. The molecule has 11 heteroatoms. The van der Waals surface area contributed by atoms with E-state index in [2.05, 4.69) is 20.4 Å². The minimum Gasteiger partial charge on any atom is -0.350 e. The van der Waals surface area contributed by atoms with Gasteiger partial charge in [0.25, 0.3) is 0 Å². The summed E-state index contributed by atoms with van der Waals surface area (Å²) in [6.07, 6.45) is 4.84. The molecule has 0 bridgehead atoms. The number of carbonyl (C=O) groups is 3. The number of fused-ring (bicyclic) bond motifs is 2. The highest BCUT2D eigenvalue weighted by atomic mass is 35.5. The molecule has 1 saturated carbocycles. The van der Waals surface area contributed by atoms with Gasteiger partial charge >= 0.3 is 0 Å². The smallest absolute Gasteiger partial charge is 0.245 e. The summed E-state index contributed by atoms with van der Waals surface area (Å²) in [5.41, 5.74) is 2.81. The lowest BCUT2D eigenvalue weighted by molar-refractivity contribution is -0.140. The van der Waals surface area contributed by atoms with E-state index in [4.69, 9.17) is 11.6 Å². The summed E-state index contributed by atoms with van der Waals surface area (Å²) in [6.45, 7) is 3.10. The minimum atomic E-state index is -0.652. The number of halogens is 2. The number of Topliss-reactive ketones (excluding diaryl/α,β-unsaturated/α-hetero) is 1. The molecule has 2 amide bonds. The molecule has 2 aromatic carbocycles. The topological polar surface area (TPSA) is 110 Å². The number of likely N-dealkylation sites (tertiary alicyclic amines) is 1. The van der Waals surface area contributed by atoms with Crippen molar-refractivity contribution in [3.8, 4) is 11.1 Å². The number of nitrogens with one attached hydrogen (secondary N) is 1. The van der Waals surface area contributed by atoms with E-state index in [-0.39, 0.29) is 58.9 Å². The van der Waals surface area contributed by atoms with Gasteiger partial charge in [0.05, 0.1) is 10.5 Å².